The molecule has 1 aliphatic heterocycles. The third-order valence-electron chi connectivity index (χ3n) is 5.13. The quantitative estimate of drug-likeness (QED) is 0.776. The van der Waals surface area contributed by atoms with Crippen molar-refractivity contribution in [1.29, 1.82) is 0 Å². The van der Waals surface area contributed by atoms with Gasteiger partial charge in [0.25, 0.3) is 0 Å². The van der Waals surface area contributed by atoms with Crippen molar-refractivity contribution in [3.63, 3.8) is 0 Å². The number of hydrogen-bond acceptors (Lipinski definition) is 2. The Kier molecular flexibility index (Phi) is 4.14. The highest BCUT2D eigenvalue weighted by Gasteiger charge is 2.42. The third kappa shape index (κ3) is 3.03. The molecule has 2 N–H and O–H groups in total. The van der Waals surface area contributed by atoms with Gasteiger partial charge in [-0.15, -0.1) is 0 Å². The van der Waals surface area contributed by atoms with E-state index in [0.717, 1.165) is 24.9 Å². The average Bonchev–Trinajstić information content (AvgIpc) is 2.29. The van der Waals surface area contributed by atoms with E-state index in [1.165, 1.54) is 32.1 Å². The van der Waals surface area contributed by atoms with Crippen molar-refractivity contribution in [3.05, 3.63) is 0 Å². The van der Waals surface area contributed by atoms with Gasteiger partial charge in [0.2, 0.25) is 0 Å². The summed E-state index contributed by atoms with van der Waals surface area (Å²) in [7, 11) is 0. The maximum atomic E-state index is 11.0. The molecule has 1 aliphatic carbocycles. The Balaban J connectivity index is 2.02. The first-order valence-corrected chi connectivity index (χ1v) is 7.43. The van der Waals surface area contributed by atoms with Crippen molar-refractivity contribution in [2.45, 2.75) is 58.5 Å². The summed E-state index contributed by atoms with van der Waals surface area (Å²) in [6, 6.07) is 0. The van der Waals surface area contributed by atoms with E-state index in [1.807, 2.05) is 0 Å². The second-order valence-electron chi connectivity index (χ2n) is 6.88. The molecule has 0 aromatic carbocycles. The number of piperidine rings is 1. The van der Waals surface area contributed by atoms with E-state index in [2.05, 4.69) is 26.1 Å². The van der Waals surface area contributed by atoms with Crippen molar-refractivity contribution in [2.24, 2.45) is 23.7 Å². The molecule has 100 valence electrons. The zero-order valence-electron chi connectivity index (χ0n) is 11.7. The minimum atomic E-state index is -0.462. The van der Waals surface area contributed by atoms with Gasteiger partial charge in [0.15, 0.2) is 0 Å². The van der Waals surface area contributed by atoms with Gasteiger partial charge in [-0.05, 0) is 63.3 Å². The SMILES string of the molecule is CC1CC(C)CC(C(C)(O)C2CCCNC2)C1. The summed E-state index contributed by atoms with van der Waals surface area (Å²) < 4.78 is 0. The summed E-state index contributed by atoms with van der Waals surface area (Å²) in [5, 5.41) is 14.4. The van der Waals surface area contributed by atoms with Crippen molar-refractivity contribution >= 4 is 0 Å². The van der Waals surface area contributed by atoms with Crippen LogP contribution in [0.2, 0.25) is 0 Å². The lowest BCUT2D eigenvalue weighted by atomic mass is 9.65. The highest BCUT2D eigenvalue weighted by Crippen LogP contribution is 2.42. The van der Waals surface area contributed by atoms with Crippen LogP contribution in [0, 0.1) is 23.7 Å². The average molecular weight is 239 g/mol. The van der Waals surface area contributed by atoms with Crippen molar-refractivity contribution < 1.29 is 5.11 Å². The molecule has 2 rings (SSSR count). The lowest BCUT2D eigenvalue weighted by Gasteiger charge is -2.45. The minimum absolute atomic E-state index is 0.457. The molecule has 17 heavy (non-hydrogen) atoms. The molecule has 1 saturated carbocycles. The van der Waals surface area contributed by atoms with Gasteiger partial charge in [-0.2, -0.15) is 0 Å². The summed E-state index contributed by atoms with van der Waals surface area (Å²) in [5.41, 5.74) is -0.462. The van der Waals surface area contributed by atoms with Crippen LogP contribution >= 0.6 is 0 Å². The maximum Gasteiger partial charge on any atom is 0.0688 e. The molecule has 4 unspecified atom stereocenters. The van der Waals surface area contributed by atoms with Crippen molar-refractivity contribution in [1.82, 2.24) is 5.32 Å². The summed E-state index contributed by atoms with van der Waals surface area (Å²) in [6.07, 6.45) is 6.19. The predicted octanol–water partition coefficient (Wildman–Crippen LogP) is 2.81. The van der Waals surface area contributed by atoms with Gasteiger partial charge in [-0.25, -0.2) is 0 Å². The van der Waals surface area contributed by atoms with Gasteiger partial charge in [0, 0.05) is 12.5 Å². The molecule has 2 heteroatoms. The second kappa shape index (κ2) is 5.27. The first-order chi connectivity index (χ1) is 8.00. The van der Waals surface area contributed by atoms with Crippen LogP contribution < -0.4 is 5.32 Å². The highest BCUT2D eigenvalue weighted by molar-refractivity contribution is 4.94. The molecule has 0 aromatic rings. The highest BCUT2D eigenvalue weighted by atomic mass is 16.3. The Hall–Kier alpha value is -0.0800. The molecule has 0 aromatic heterocycles. The molecule has 0 bridgehead atoms. The molecule has 0 radical (unpaired) electrons. The summed E-state index contributed by atoms with van der Waals surface area (Å²) in [4.78, 5) is 0. The number of aliphatic hydroxyl groups is 1. The first kappa shape index (κ1) is 13.4. The van der Waals surface area contributed by atoms with Crippen LogP contribution in [0.25, 0.3) is 0 Å². The number of hydrogen-bond donors (Lipinski definition) is 2. The number of rotatable bonds is 2. The van der Waals surface area contributed by atoms with E-state index in [4.69, 9.17) is 0 Å². The van der Waals surface area contributed by atoms with Gasteiger partial charge in [0.05, 0.1) is 5.60 Å². The summed E-state index contributed by atoms with van der Waals surface area (Å²) in [5.74, 6) is 2.53. The third-order valence-corrected chi connectivity index (χ3v) is 5.13. The Morgan fingerprint density at radius 1 is 1.06 bits per heavy atom. The van der Waals surface area contributed by atoms with E-state index in [-0.39, 0.29) is 0 Å². The topological polar surface area (TPSA) is 32.3 Å². The van der Waals surface area contributed by atoms with E-state index < -0.39 is 5.60 Å². The zero-order valence-corrected chi connectivity index (χ0v) is 11.7. The fourth-order valence-electron chi connectivity index (χ4n) is 4.11. The monoisotopic (exact) mass is 239 g/mol. The summed E-state index contributed by atoms with van der Waals surface area (Å²) >= 11 is 0. The van der Waals surface area contributed by atoms with E-state index in [1.54, 1.807) is 0 Å². The van der Waals surface area contributed by atoms with Crippen LogP contribution in [0.3, 0.4) is 0 Å². The Bertz CT molecular complexity index is 235. The van der Waals surface area contributed by atoms with Gasteiger partial charge < -0.3 is 10.4 Å². The molecule has 0 spiro atoms. The van der Waals surface area contributed by atoms with E-state index >= 15 is 0 Å². The van der Waals surface area contributed by atoms with Crippen LogP contribution in [-0.4, -0.2) is 23.8 Å². The molecule has 1 heterocycles. The normalized spacial score (nSPS) is 43.1. The lowest BCUT2D eigenvalue weighted by molar-refractivity contribution is -0.0838. The van der Waals surface area contributed by atoms with Crippen LogP contribution in [-0.2, 0) is 0 Å². The first-order valence-electron chi connectivity index (χ1n) is 7.43. The van der Waals surface area contributed by atoms with E-state index in [9.17, 15) is 5.11 Å². The molecule has 0 amide bonds. The standard InChI is InChI=1S/C15H29NO/c1-11-7-12(2)9-14(8-11)15(3,17)13-5-4-6-16-10-13/h11-14,16-17H,4-10H2,1-3H3. The number of nitrogens with one attached hydrogen (secondary N) is 1. The zero-order chi connectivity index (χ0) is 12.5. The molecule has 1 saturated heterocycles. The minimum Gasteiger partial charge on any atom is -0.390 e. The molecular formula is C15H29NO. The maximum absolute atomic E-state index is 11.0. The van der Waals surface area contributed by atoms with Crippen LogP contribution in [0.4, 0.5) is 0 Å². The Morgan fingerprint density at radius 3 is 2.24 bits per heavy atom. The fraction of sp³-hybridized carbons (Fsp3) is 1.00. The van der Waals surface area contributed by atoms with Crippen LogP contribution in [0.15, 0.2) is 0 Å². The van der Waals surface area contributed by atoms with Crippen molar-refractivity contribution in [2.75, 3.05) is 13.1 Å². The fourth-order valence-corrected chi connectivity index (χ4v) is 4.11. The molecule has 4 atom stereocenters. The molecule has 2 fully saturated rings. The van der Waals surface area contributed by atoms with Gasteiger partial charge in [-0.3, -0.25) is 0 Å². The van der Waals surface area contributed by atoms with Crippen LogP contribution in [0.5, 0.6) is 0 Å². The van der Waals surface area contributed by atoms with Crippen molar-refractivity contribution in [3.8, 4) is 0 Å². The smallest absolute Gasteiger partial charge is 0.0688 e. The molecule has 2 aliphatic rings. The predicted molar refractivity (Wildman–Crippen MR) is 71.9 cm³/mol. The second-order valence-corrected chi connectivity index (χ2v) is 6.88. The summed E-state index contributed by atoms with van der Waals surface area (Å²) in [6.45, 7) is 8.92. The Labute approximate surface area is 106 Å². The van der Waals surface area contributed by atoms with Crippen LogP contribution in [0.1, 0.15) is 52.9 Å². The molecular weight excluding hydrogens is 210 g/mol. The lowest BCUT2D eigenvalue weighted by Crippen LogP contribution is -2.50. The Morgan fingerprint density at radius 2 is 1.71 bits per heavy atom. The largest absolute Gasteiger partial charge is 0.390 e. The van der Waals surface area contributed by atoms with E-state index in [0.29, 0.717) is 11.8 Å². The molecule has 2 nitrogen and oxygen atoms in total. The van der Waals surface area contributed by atoms with Gasteiger partial charge in [0.1, 0.15) is 0 Å². The van der Waals surface area contributed by atoms with Gasteiger partial charge >= 0.3 is 0 Å². The van der Waals surface area contributed by atoms with Gasteiger partial charge in [-0.1, -0.05) is 13.8 Å².